The van der Waals surface area contributed by atoms with E-state index in [0.717, 1.165) is 16.2 Å². The molecule has 1 fully saturated rings. The molecular weight excluding hydrogens is 467 g/mol. The van der Waals surface area contributed by atoms with Crippen LogP contribution >= 0.6 is 47.9 Å². The Morgan fingerprint density at radius 3 is 2.76 bits per heavy atom. The van der Waals surface area contributed by atoms with Crippen LogP contribution in [0.4, 0.5) is 5.13 Å². The van der Waals surface area contributed by atoms with Crippen molar-refractivity contribution < 1.29 is 24.3 Å². The fourth-order valence-corrected chi connectivity index (χ4v) is 4.25. The van der Waals surface area contributed by atoms with Crippen LogP contribution in [0, 0.1) is 0 Å². The number of nitrogen functional groups attached to an aromatic ring is 1. The highest BCUT2D eigenvalue weighted by Gasteiger charge is 2.53. The summed E-state index contributed by atoms with van der Waals surface area (Å²) in [5.41, 5.74) is 10.9. The Morgan fingerprint density at radius 2 is 2.17 bits per heavy atom. The number of anilines is 1. The topological polar surface area (TPSA) is 173 Å². The monoisotopic (exact) mass is 484 g/mol. The molecule has 15 heteroatoms. The van der Waals surface area contributed by atoms with Crippen LogP contribution in [0.15, 0.2) is 22.3 Å². The van der Waals surface area contributed by atoms with Crippen LogP contribution < -0.4 is 16.8 Å². The molecule has 1 aromatic rings. The Kier molecular flexibility index (Phi) is 9.16. The smallest absolute Gasteiger partial charge is 0.352 e. The minimum atomic E-state index is -1.19. The van der Waals surface area contributed by atoms with Crippen molar-refractivity contribution in [2.24, 2.45) is 10.9 Å². The van der Waals surface area contributed by atoms with Gasteiger partial charge in [0.15, 0.2) is 10.8 Å². The summed E-state index contributed by atoms with van der Waals surface area (Å²) in [6.07, 6.45) is 1.46. The Bertz CT molecular complexity index is 848. The fraction of sp³-hybridized carbons (Fsp3) is 0.357. The summed E-state index contributed by atoms with van der Waals surface area (Å²) in [4.78, 5) is 46.4. The molecule has 0 spiro atoms. The van der Waals surface area contributed by atoms with Crippen molar-refractivity contribution in [1.29, 1.82) is 0 Å². The van der Waals surface area contributed by atoms with E-state index in [1.54, 1.807) is 0 Å². The van der Waals surface area contributed by atoms with Crippen LogP contribution in [0.1, 0.15) is 5.69 Å². The molecule has 2 amide bonds. The van der Waals surface area contributed by atoms with Crippen molar-refractivity contribution in [3.8, 4) is 0 Å². The fourth-order valence-electron chi connectivity index (χ4n) is 2.51. The molecule has 1 saturated heterocycles. The van der Waals surface area contributed by atoms with Gasteiger partial charge in [-0.15, -0.1) is 47.9 Å². The molecule has 2 aliphatic rings. The van der Waals surface area contributed by atoms with Crippen molar-refractivity contribution >= 4 is 76.5 Å². The molecule has 2 atom stereocenters. The third-order valence-corrected chi connectivity index (χ3v) is 5.55. The lowest BCUT2D eigenvalue weighted by molar-refractivity contribution is -0.150. The summed E-state index contributed by atoms with van der Waals surface area (Å²) < 4.78 is 0. The Morgan fingerprint density at radius 1 is 1.45 bits per heavy atom. The minimum Gasteiger partial charge on any atom is -0.477 e. The number of fused-ring (bicyclic) bond motifs is 1. The van der Waals surface area contributed by atoms with Gasteiger partial charge in [-0.05, 0) is 6.08 Å². The highest BCUT2D eigenvalue weighted by molar-refractivity contribution is 8.00. The average molecular weight is 485 g/mol. The standard InChI is InChI=1S/C14H16N6O5S2.2ClH/c15-2-3-25-19-8(6-5-27-14(16)17-6)10(21)18-9-11(22)20-7(13(23)24)1-4-26-12(9)20;;/h1,5,9,12H,2-4,15H2,(H2,16,17)(H,18,21)(H,23,24);2*1H/t9?,12-;;/m0../s1. The van der Waals surface area contributed by atoms with Gasteiger partial charge in [-0.2, -0.15) is 0 Å². The quantitative estimate of drug-likeness (QED) is 0.174. The number of carbonyl (C=O) groups is 3. The van der Waals surface area contributed by atoms with Crippen LogP contribution in [0.3, 0.4) is 0 Å². The maximum Gasteiger partial charge on any atom is 0.352 e. The SMILES string of the molecule is Cl.Cl.NCCON=C(C(=O)NC1C(=O)N2C(C(=O)O)=CCS[C@@H]12)c1csc(N)n1. The first-order valence-corrected chi connectivity index (χ1v) is 9.67. The molecule has 0 aliphatic carbocycles. The zero-order valence-corrected chi connectivity index (χ0v) is 17.9. The Hall–Kier alpha value is -2.06. The molecule has 3 rings (SSSR count). The third kappa shape index (κ3) is 5.11. The maximum atomic E-state index is 12.6. The number of hydrogen-bond donors (Lipinski definition) is 4. The van der Waals surface area contributed by atoms with Crippen LogP contribution in [-0.4, -0.2) is 68.8 Å². The van der Waals surface area contributed by atoms with Gasteiger partial charge < -0.3 is 26.7 Å². The summed E-state index contributed by atoms with van der Waals surface area (Å²) in [7, 11) is 0. The second-order valence-electron chi connectivity index (χ2n) is 5.41. The Balaban J connectivity index is 0.00000210. The molecule has 11 nitrogen and oxygen atoms in total. The summed E-state index contributed by atoms with van der Waals surface area (Å²) in [6.45, 7) is 0.300. The number of oxime groups is 1. The van der Waals surface area contributed by atoms with E-state index < -0.39 is 29.2 Å². The summed E-state index contributed by atoms with van der Waals surface area (Å²) >= 11 is 2.47. The molecule has 160 valence electrons. The number of carboxylic acids is 1. The first kappa shape index (κ1) is 25.0. The first-order valence-electron chi connectivity index (χ1n) is 7.74. The van der Waals surface area contributed by atoms with Gasteiger partial charge in [0, 0.05) is 17.7 Å². The lowest BCUT2D eigenvalue weighted by atomic mass is 10.0. The van der Waals surface area contributed by atoms with Crippen molar-refractivity contribution in [3.63, 3.8) is 0 Å². The molecule has 0 saturated carbocycles. The predicted molar refractivity (Wildman–Crippen MR) is 113 cm³/mol. The number of aliphatic carboxylic acids is 1. The lowest BCUT2D eigenvalue weighted by Crippen LogP contribution is -2.70. The molecule has 6 N–H and O–H groups in total. The second-order valence-corrected chi connectivity index (χ2v) is 7.45. The van der Waals surface area contributed by atoms with E-state index in [1.807, 2.05) is 0 Å². The van der Waals surface area contributed by atoms with Gasteiger partial charge >= 0.3 is 5.97 Å². The third-order valence-electron chi connectivity index (χ3n) is 3.70. The van der Waals surface area contributed by atoms with E-state index in [2.05, 4.69) is 15.5 Å². The van der Waals surface area contributed by atoms with E-state index in [4.69, 9.17) is 16.3 Å². The molecule has 0 bridgehead atoms. The number of carbonyl (C=O) groups excluding carboxylic acids is 2. The number of carboxylic acid groups (broad SMARTS) is 1. The minimum absolute atomic E-state index is 0. The van der Waals surface area contributed by atoms with E-state index in [-0.39, 0.29) is 60.2 Å². The summed E-state index contributed by atoms with van der Waals surface area (Å²) in [5.74, 6) is -1.95. The Labute approximate surface area is 185 Å². The molecule has 1 unspecified atom stereocenters. The predicted octanol–water partition coefficient (Wildman–Crippen LogP) is -0.383. The van der Waals surface area contributed by atoms with Crippen molar-refractivity contribution in [3.05, 3.63) is 22.8 Å². The zero-order valence-electron chi connectivity index (χ0n) is 14.6. The number of rotatable bonds is 7. The van der Waals surface area contributed by atoms with Crippen LogP contribution in [0.5, 0.6) is 0 Å². The number of nitrogens with zero attached hydrogens (tertiary/aromatic N) is 3. The number of nitrogens with two attached hydrogens (primary N) is 2. The number of aromatic nitrogens is 1. The van der Waals surface area contributed by atoms with Gasteiger partial charge in [0.2, 0.25) is 0 Å². The van der Waals surface area contributed by atoms with Crippen LogP contribution in [0.25, 0.3) is 0 Å². The van der Waals surface area contributed by atoms with Crippen molar-refractivity contribution in [2.45, 2.75) is 11.4 Å². The van der Waals surface area contributed by atoms with Gasteiger partial charge in [0.05, 0.1) is 0 Å². The van der Waals surface area contributed by atoms with Crippen molar-refractivity contribution in [2.75, 3.05) is 24.6 Å². The molecule has 3 heterocycles. The van der Waals surface area contributed by atoms with Gasteiger partial charge in [0.1, 0.15) is 29.4 Å². The number of amides is 2. The summed E-state index contributed by atoms with van der Waals surface area (Å²) in [5, 5.41) is 16.8. The number of hydrogen-bond acceptors (Lipinski definition) is 10. The first-order chi connectivity index (χ1) is 12.9. The van der Waals surface area contributed by atoms with E-state index in [9.17, 15) is 19.5 Å². The molecule has 0 radical (unpaired) electrons. The van der Waals surface area contributed by atoms with Gasteiger partial charge in [0.25, 0.3) is 11.8 Å². The van der Waals surface area contributed by atoms with Gasteiger partial charge in [-0.25, -0.2) is 9.78 Å². The highest BCUT2D eigenvalue weighted by atomic mass is 35.5. The lowest BCUT2D eigenvalue weighted by Gasteiger charge is -2.48. The molecule has 1 aromatic heterocycles. The van der Waals surface area contributed by atoms with Crippen LogP contribution in [-0.2, 0) is 19.2 Å². The van der Waals surface area contributed by atoms with Crippen LogP contribution in [0.2, 0.25) is 0 Å². The zero-order chi connectivity index (χ0) is 19.6. The van der Waals surface area contributed by atoms with Crippen molar-refractivity contribution in [1.82, 2.24) is 15.2 Å². The number of β-lactam (4-membered cyclic amide) rings is 1. The van der Waals surface area contributed by atoms with E-state index in [0.29, 0.717) is 5.75 Å². The van der Waals surface area contributed by atoms with E-state index >= 15 is 0 Å². The largest absolute Gasteiger partial charge is 0.477 e. The maximum absolute atomic E-state index is 12.6. The average Bonchev–Trinajstić information content (AvgIpc) is 3.08. The second kappa shape index (κ2) is 10.6. The normalized spacial score (nSPS) is 20.3. The van der Waals surface area contributed by atoms with Gasteiger partial charge in [-0.3, -0.25) is 14.5 Å². The number of thiazole rings is 1. The molecular formula is C14H18Cl2N6O5S2. The van der Waals surface area contributed by atoms with Gasteiger partial charge in [-0.1, -0.05) is 5.16 Å². The molecule has 0 aromatic carbocycles. The number of halogens is 2. The summed E-state index contributed by atoms with van der Waals surface area (Å²) in [6, 6.07) is -0.874. The number of thioether (sulfide) groups is 1. The number of nitrogens with one attached hydrogen (secondary N) is 1. The molecule has 2 aliphatic heterocycles. The molecule has 29 heavy (non-hydrogen) atoms. The van der Waals surface area contributed by atoms with E-state index in [1.165, 1.54) is 23.2 Å². The highest BCUT2D eigenvalue weighted by Crippen LogP contribution is 2.37.